The predicted molar refractivity (Wildman–Crippen MR) is 134 cm³/mol. The Morgan fingerprint density at radius 3 is 2.59 bits per heavy atom. The largest absolute Gasteiger partial charge is 0.355 e. The van der Waals surface area contributed by atoms with Crippen molar-refractivity contribution in [1.82, 2.24) is 19.6 Å². The van der Waals surface area contributed by atoms with Crippen LogP contribution in [0.5, 0.6) is 0 Å². The topological polar surface area (TPSA) is 75.4 Å². The first-order valence-corrected chi connectivity index (χ1v) is 11.9. The molecule has 174 valence electrons. The Labute approximate surface area is 199 Å². The smallest absolute Gasteiger partial charge is 0.254 e. The van der Waals surface area contributed by atoms with Crippen LogP contribution in [0.1, 0.15) is 40.8 Å². The molecule has 0 saturated carbocycles. The summed E-state index contributed by atoms with van der Waals surface area (Å²) in [6.45, 7) is 7.61. The van der Waals surface area contributed by atoms with Gasteiger partial charge < -0.3 is 10.2 Å². The second-order valence-electron chi connectivity index (χ2n) is 9.17. The molecule has 1 aliphatic heterocycles. The molecule has 5 rings (SSSR count). The summed E-state index contributed by atoms with van der Waals surface area (Å²) in [5, 5.41) is 7.70. The molecule has 3 heterocycles. The van der Waals surface area contributed by atoms with Crippen molar-refractivity contribution in [2.45, 2.75) is 40.0 Å². The van der Waals surface area contributed by atoms with E-state index in [-0.39, 0.29) is 11.8 Å². The van der Waals surface area contributed by atoms with E-state index in [0.29, 0.717) is 12.3 Å². The molecule has 34 heavy (non-hydrogen) atoms. The fourth-order valence-corrected chi connectivity index (χ4v) is 4.92. The molecule has 0 radical (unpaired) electrons. The zero-order chi connectivity index (χ0) is 23.7. The molecule has 0 aliphatic carbocycles. The summed E-state index contributed by atoms with van der Waals surface area (Å²) in [4.78, 5) is 24.7. The van der Waals surface area contributed by atoms with Gasteiger partial charge in [-0.05, 0) is 50.3 Å². The number of nitrogens with one attached hydrogen (secondary N) is 1. The highest BCUT2D eigenvalue weighted by Crippen LogP contribution is 2.31. The Morgan fingerprint density at radius 2 is 1.82 bits per heavy atom. The average molecular weight is 455 g/mol. The quantitative estimate of drug-likeness (QED) is 0.481. The molecule has 1 unspecified atom stereocenters. The molecule has 1 aliphatic rings. The Balaban J connectivity index is 1.47. The molecule has 7 nitrogen and oxygen atoms in total. The van der Waals surface area contributed by atoms with Crippen LogP contribution in [-0.2, 0) is 11.2 Å². The average Bonchev–Trinajstić information content (AvgIpc) is 3.30. The van der Waals surface area contributed by atoms with E-state index >= 15 is 0 Å². The summed E-state index contributed by atoms with van der Waals surface area (Å²) in [5.41, 5.74) is 6.38. The molecule has 1 atom stereocenters. The monoisotopic (exact) mass is 454 g/mol. The number of carbonyl (C=O) groups is 1. The number of benzene rings is 2. The number of piperidine rings is 1. The van der Waals surface area contributed by atoms with Crippen LogP contribution in [0.2, 0.25) is 0 Å². The second-order valence-corrected chi connectivity index (χ2v) is 9.17. The molecular formula is C27H30N6O. The van der Waals surface area contributed by atoms with Gasteiger partial charge in [-0.15, -0.1) is 0 Å². The van der Waals surface area contributed by atoms with E-state index in [0.717, 1.165) is 59.7 Å². The van der Waals surface area contributed by atoms with Crippen LogP contribution in [0, 0.1) is 26.7 Å². The highest BCUT2D eigenvalue weighted by Gasteiger charge is 2.30. The summed E-state index contributed by atoms with van der Waals surface area (Å²) >= 11 is 0. The summed E-state index contributed by atoms with van der Waals surface area (Å²) < 4.78 is 1.83. The van der Waals surface area contributed by atoms with Crippen LogP contribution in [0.25, 0.3) is 5.78 Å². The van der Waals surface area contributed by atoms with Gasteiger partial charge in [0.25, 0.3) is 5.78 Å². The van der Waals surface area contributed by atoms with Crippen molar-refractivity contribution in [1.29, 1.82) is 0 Å². The number of aryl methyl sites for hydroxylation is 3. The maximum atomic E-state index is 13.3. The molecule has 0 bridgehead atoms. The van der Waals surface area contributed by atoms with Crippen LogP contribution < -0.4 is 10.2 Å². The first-order chi connectivity index (χ1) is 16.5. The highest BCUT2D eigenvalue weighted by atomic mass is 16.1. The standard InChI is InChI=1S/C27H30N6O/c1-18-9-7-10-19(2)24(18)31-25(34)22-13-8-14-32(16-22)26-23(15-21-11-5-4-6-12-21)20(3)30-27-28-17-29-33(26)27/h4-7,9-12,17,22H,8,13-16H2,1-3H3,(H,31,34). The summed E-state index contributed by atoms with van der Waals surface area (Å²) in [6, 6.07) is 16.5. The van der Waals surface area contributed by atoms with Crippen molar-refractivity contribution < 1.29 is 4.79 Å². The lowest BCUT2D eigenvalue weighted by Gasteiger charge is -2.35. The van der Waals surface area contributed by atoms with Crippen molar-refractivity contribution in [3.05, 3.63) is 82.8 Å². The minimum absolute atomic E-state index is 0.0762. The Bertz CT molecular complexity index is 1310. The number of fused-ring (bicyclic) bond motifs is 1. The van der Waals surface area contributed by atoms with Crippen molar-refractivity contribution >= 4 is 23.2 Å². The van der Waals surface area contributed by atoms with Crippen LogP contribution in [0.4, 0.5) is 11.5 Å². The van der Waals surface area contributed by atoms with E-state index in [4.69, 9.17) is 4.98 Å². The number of aromatic nitrogens is 4. The third kappa shape index (κ3) is 4.25. The van der Waals surface area contributed by atoms with Gasteiger partial charge in [0.05, 0.1) is 5.92 Å². The van der Waals surface area contributed by atoms with Crippen LogP contribution >= 0.6 is 0 Å². The van der Waals surface area contributed by atoms with Gasteiger partial charge in [0, 0.05) is 36.5 Å². The fraction of sp³-hybridized carbons (Fsp3) is 0.333. The zero-order valence-corrected chi connectivity index (χ0v) is 20.0. The SMILES string of the molecule is Cc1cccc(C)c1NC(=O)C1CCCN(c2c(Cc3ccccc3)c(C)nc3ncnn23)C1. The molecule has 2 aromatic carbocycles. The van der Waals surface area contributed by atoms with Crippen LogP contribution in [-0.4, -0.2) is 38.6 Å². The van der Waals surface area contributed by atoms with Gasteiger partial charge >= 0.3 is 0 Å². The number of para-hydroxylation sites is 1. The molecular weight excluding hydrogens is 424 g/mol. The third-order valence-electron chi connectivity index (χ3n) is 6.75. The molecule has 0 spiro atoms. The minimum Gasteiger partial charge on any atom is -0.355 e. The van der Waals surface area contributed by atoms with E-state index in [2.05, 4.69) is 44.6 Å². The van der Waals surface area contributed by atoms with E-state index in [9.17, 15) is 4.79 Å². The lowest BCUT2D eigenvalue weighted by Crippen LogP contribution is -2.42. The normalized spacial score (nSPS) is 16.1. The van der Waals surface area contributed by atoms with Crippen molar-refractivity contribution in [3.63, 3.8) is 0 Å². The van der Waals surface area contributed by atoms with Gasteiger partial charge in [-0.3, -0.25) is 4.79 Å². The summed E-state index contributed by atoms with van der Waals surface area (Å²) in [5.74, 6) is 1.55. The summed E-state index contributed by atoms with van der Waals surface area (Å²) in [7, 11) is 0. The van der Waals surface area contributed by atoms with E-state index in [1.807, 2.05) is 49.6 Å². The number of anilines is 2. The van der Waals surface area contributed by atoms with Crippen molar-refractivity contribution in [2.24, 2.45) is 5.92 Å². The van der Waals surface area contributed by atoms with Gasteiger partial charge in [-0.1, -0.05) is 48.5 Å². The fourth-order valence-electron chi connectivity index (χ4n) is 4.92. The molecule has 1 fully saturated rings. The maximum absolute atomic E-state index is 13.3. The first kappa shape index (κ1) is 22.1. The van der Waals surface area contributed by atoms with E-state index in [1.54, 1.807) is 6.33 Å². The lowest BCUT2D eigenvalue weighted by molar-refractivity contribution is -0.120. The number of hydrogen-bond donors (Lipinski definition) is 1. The van der Waals surface area contributed by atoms with E-state index < -0.39 is 0 Å². The van der Waals surface area contributed by atoms with Crippen LogP contribution in [0.3, 0.4) is 0 Å². The molecule has 1 N–H and O–H groups in total. The molecule has 1 saturated heterocycles. The minimum atomic E-state index is -0.107. The van der Waals surface area contributed by atoms with Gasteiger partial charge in [0.1, 0.15) is 12.1 Å². The highest BCUT2D eigenvalue weighted by molar-refractivity contribution is 5.94. The Morgan fingerprint density at radius 1 is 1.06 bits per heavy atom. The second kappa shape index (κ2) is 9.25. The third-order valence-corrected chi connectivity index (χ3v) is 6.75. The van der Waals surface area contributed by atoms with Gasteiger partial charge in [0.15, 0.2) is 0 Å². The Kier molecular flexibility index (Phi) is 6.01. The number of carbonyl (C=O) groups excluding carboxylic acids is 1. The molecule has 7 heteroatoms. The molecule has 4 aromatic rings. The lowest BCUT2D eigenvalue weighted by atomic mass is 9.95. The maximum Gasteiger partial charge on any atom is 0.254 e. The van der Waals surface area contributed by atoms with Crippen molar-refractivity contribution in [3.8, 4) is 0 Å². The molecule has 2 aromatic heterocycles. The van der Waals surface area contributed by atoms with Crippen molar-refractivity contribution in [2.75, 3.05) is 23.3 Å². The Hall–Kier alpha value is -3.74. The number of nitrogens with zero attached hydrogens (tertiary/aromatic N) is 5. The van der Waals surface area contributed by atoms with Gasteiger partial charge in [-0.25, -0.2) is 4.98 Å². The number of rotatable bonds is 5. The van der Waals surface area contributed by atoms with Gasteiger partial charge in [0.2, 0.25) is 5.91 Å². The number of hydrogen-bond acceptors (Lipinski definition) is 5. The predicted octanol–water partition coefficient (Wildman–Crippen LogP) is 4.50. The zero-order valence-electron chi connectivity index (χ0n) is 20.0. The molecule has 1 amide bonds. The van der Waals surface area contributed by atoms with Gasteiger partial charge in [-0.2, -0.15) is 14.6 Å². The number of amides is 1. The van der Waals surface area contributed by atoms with E-state index in [1.165, 1.54) is 5.56 Å². The summed E-state index contributed by atoms with van der Waals surface area (Å²) in [6.07, 6.45) is 4.10. The first-order valence-electron chi connectivity index (χ1n) is 11.9. The van der Waals surface area contributed by atoms with Crippen LogP contribution in [0.15, 0.2) is 54.9 Å².